The first-order chi connectivity index (χ1) is 13.0. The van der Waals surface area contributed by atoms with Crippen LogP contribution in [0.2, 0.25) is 10.0 Å². The lowest BCUT2D eigenvalue weighted by molar-refractivity contribution is 0.0993. The number of ketones is 1. The van der Waals surface area contributed by atoms with Crippen molar-refractivity contribution in [1.29, 1.82) is 0 Å². The third-order valence-electron chi connectivity index (χ3n) is 5.56. The largest absolute Gasteiger partial charge is 0.361 e. The second kappa shape index (κ2) is 7.67. The maximum atomic E-state index is 12.7. The molecule has 0 spiro atoms. The minimum absolute atomic E-state index is 0.00336. The molecule has 27 heavy (non-hydrogen) atoms. The molecule has 2 heterocycles. The van der Waals surface area contributed by atoms with Gasteiger partial charge in [0.1, 0.15) is 0 Å². The van der Waals surface area contributed by atoms with Crippen LogP contribution in [0, 0.1) is 0 Å². The highest BCUT2D eigenvalue weighted by Gasteiger charge is 2.22. The van der Waals surface area contributed by atoms with Crippen LogP contribution in [-0.2, 0) is 12.8 Å². The normalized spacial score (nSPS) is 17.7. The molecule has 4 rings (SSSR count). The number of hydrogen-bond acceptors (Lipinski definition) is 2. The van der Waals surface area contributed by atoms with E-state index < -0.39 is 0 Å². The SMILES string of the molecule is CN1CCCC1Cc1c[nH]c2ccc(CC(=O)c3ccc(Cl)cc3Cl)cc12. The van der Waals surface area contributed by atoms with E-state index in [1.165, 1.54) is 30.3 Å². The Labute approximate surface area is 169 Å². The minimum atomic E-state index is 0.00336. The van der Waals surface area contributed by atoms with Gasteiger partial charge in [0.05, 0.1) is 5.02 Å². The Morgan fingerprint density at radius 1 is 1.22 bits per heavy atom. The van der Waals surface area contributed by atoms with E-state index in [1.54, 1.807) is 18.2 Å². The molecule has 0 bridgehead atoms. The van der Waals surface area contributed by atoms with Gasteiger partial charge < -0.3 is 9.88 Å². The zero-order chi connectivity index (χ0) is 19.0. The summed E-state index contributed by atoms with van der Waals surface area (Å²) < 4.78 is 0. The Kier molecular flexibility index (Phi) is 5.27. The molecule has 0 amide bonds. The number of aromatic nitrogens is 1. The molecule has 140 valence electrons. The molecule has 1 N–H and O–H groups in total. The van der Waals surface area contributed by atoms with Gasteiger partial charge in [-0.05, 0) is 74.3 Å². The second-order valence-electron chi connectivity index (χ2n) is 7.40. The molecule has 0 radical (unpaired) electrons. The monoisotopic (exact) mass is 400 g/mol. The molecule has 1 aromatic heterocycles. The van der Waals surface area contributed by atoms with Crippen molar-refractivity contribution >= 4 is 39.9 Å². The quantitative estimate of drug-likeness (QED) is 0.570. The molecule has 5 heteroatoms. The van der Waals surface area contributed by atoms with Gasteiger partial charge in [-0.1, -0.05) is 29.3 Å². The van der Waals surface area contributed by atoms with E-state index >= 15 is 0 Å². The lowest BCUT2D eigenvalue weighted by Gasteiger charge is -2.18. The van der Waals surface area contributed by atoms with Gasteiger partial charge in [0, 0.05) is 40.1 Å². The number of nitrogens with one attached hydrogen (secondary N) is 1. The number of H-pyrrole nitrogens is 1. The van der Waals surface area contributed by atoms with E-state index in [1.807, 2.05) is 6.07 Å². The van der Waals surface area contributed by atoms with Crippen LogP contribution in [-0.4, -0.2) is 35.3 Å². The zero-order valence-corrected chi connectivity index (χ0v) is 16.8. The summed E-state index contributed by atoms with van der Waals surface area (Å²) in [5.41, 5.74) is 3.95. The van der Waals surface area contributed by atoms with E-state index in [-0.39, 0.29) is 5.78 Å². The van der Waals surface area contributed by atoms with Gasteiger partial charge in [-0.25, -0.2) is 0 Å². The number of likely N-dealkylation sites (tertiary alicyclic amines) is 1. The highest BCUT2D eigenvalue weighted by atomic mass is 35.5. The summed E-state index contributed by atoms with van der Waals surface area (Å²) in [6.45, 7) is 1.18. The summed E-state index contributed by atoms with van der Waals surface area (Å²) >= 11 is 12.1. The van der Waals surface area contributed by atoms with Gasteiger partial charge in [-0.2, -0.15) is 0 Å². The zero-order valence-electron chi connectivity index (χ0n) is 15.3. The predicted molar refractivity (Wildman–Crippen MR) is 112 cm³/mol. The van der Waals surface area contributed by atoms with E-state index in [2.05, 4.69) is 35.3 Å². The number of rotatable bonds is 5. The summed E-state index contributed by atoms with van der Waals surface area (Å²) in [4.78, 5) is 18.5. The maximum Gasteiger partial charge on any atom is 0.168 e. The number of fused-ring (bicyclic) bond motifs is 1. The summed E-state index contributed by atoms with van der Waals surface area (Å²) in [7, 11) is 2.20. The van der Waals surface area contributed by atoms with Crippen molar-refractivity contribution in [3.8, 4) is 0 Å². The first kappa shape index (κ1) is 18.5. The van der Waals surface area contributed by atoms with Crippen LogP contribution >= 0.6 is 23.2 Å². The smallest absolute Gasteiger partial charge is 0.168 e. The second-order valence-corrected chi connectivity index (χ2v) is 8.24. The van der Waals surface area contributed by atoms with Crippen molar-refractivity contribution < 1.29 is 4.79 Å². The number of Topliss-reactive ketones (excluding diaryl/α,β-unsaturated/α-hetero) is 1. The molecule has 1 atom stereocenters. The molecule has 1 aliphatic rings. The van der Waals surface area contributed by atoms with Crippen LogP contribution in [0.1, 0.15) is 34.3 Å². The predicted octanol–water partition coefficient (Wildman–Crippen LogP) is 5.54. The Morgan fingerprint density at radius 2 is 2.07 bits per heavy atom. The van der Waals surface area contributed by atoms with Gasteiger partial charge >= 0.3 is 0 Å². The standard InChI is InChI=1S/C22H22Cl2N2O/c1-26-8-2-3-17(26)11-15-13-25-21-7-4-14(9-19(15)21)10-22(27)18-6-5-16(23)12-20(18)24/h4-7,9,12-13,17,25H,2-3,8,10-11H2,1H3. The Bertz CT molecular complexity index is 995. The molecule has 2 aromatic carbocycles. The number of aromatic amines is 1. The lowest BCUT2D eigenvalue weighted by atomic mass is 9.99. The number of likely N-dealkylation sites (N-methyl/N-ethyl adjacent to an activating group) is 1. The van der Waals surface area contributed by atoms with Crippen molar-refractivity contribution in [2.75, 3.05) is 13.6 Å². The number of benzene rings is 2. The summed E-state index contributed by atoms with van der Waals surface area (Å²) in [6.07, 6.45) is 5.99. The fourth-order valence-corrected chi connectivity index (χ4v) is 4.51. The fraction of sp³-hybridized carbons (Fsp3) is 0.318. The van der Waals surface area contributed by atoms with Crippen LogP contribution in [0.4, 0.5) is 0 Å². The van der Waals surface area contributed by atoms with Crippen LogP contribution in [0.25, 0.3) is 10.9 Å². The Morgan fingerprint density at radius 3 is 2.81 bits per heavy atom. The number of halogens is 2. The number of nitrogens with zero attached hydrogens (tertiary/aromatic N) is 1. The van der Waals surface area contributed by atoms with E-state index in [9.17, 15) is 4.79 Å². The summed E-state index contributed by atoms with van der Waals surface area (Å²) in [6, 6.07) is 11.8. The molecule has 3 nitrogen and oxygen atoms in total. The van der Waals surface area contributed by atoms with Gasteiger partial charge in [0.15, 0.2) is 5.78 Å². The van der Waals surface area contributed by atoms with Gasteiger partial charge in [-0.15, -0.1) is 0 Å². The molecule has 3 aromatic rings. The molecular formula is C22H22Cl2N2O. The van der Waals surface area contributed by atoms with Gasteiger partial charge in [-0.3, -0.25) is 4.79 Å². The average molecular weight is 401 g/mol. The molecule has 0 aliphatic carbocycles. The number of carbonyl (C=O) groups is 1. The molecule has 1 unspecified atom stereocenters. The van der Waals surface area contributed by atoms with E-state index in [4.69, 9.17) is 23.2 Å². The molecule has 1 saturated heterocycles. The highest BCUT2D eigenvalue weighted by Crippen LogP contribution is 2.27. The van der Waals surface area contributed by atoms with Crippen molar-refractivity contribution in [3.63, 3.8) is 0 Å². The highest BCUT2D eigenvalue weighted by molar-refractivity contribution is 6.36. The van der Waals surface area contributed by atoms with Gasteiger partial charge in [0.2, 0.25) is 0 Å². The van der Waals surface area contributed by atoms with Crippen molar-refractivity contribution in [1.82, 2.24) is 9.88 Å². The van der Waals surface area contributed by atoms with Crippen molar-refractivity contribution in [3.05, 3.63) is 69.3 Å². The topological polar surface area (TPSA) is 36.1 Å². The molecule has 0 saturated carbocycles. The van der Waals surface area contributed by atoms with Crippen LogP contribution in [0.5, 0.6) is 0 Å². The summed E-state index contributed by atoms with van der Waals surface area (Å²) in [5, 5.41) is 2.15. The third-order valence-corrected chi connectivity index (χ3v) is 6.10. The first-order valence-corrected chi connectivity index (χ1v) is 10.0. The molecule has 1 fully saturated rings. The van der Waals surface area contributed by atoms with Crippen LogP contribution in [0.3, 0.4) is 0 Å². The summed E-state index contributed by atoms with van der Waals surface area (Å²) in [5.74, 6) is 0.00336. The van der Waals surface area contributed by atoms with E-state index in [0.29, 0.717) is 28.1 Å². The van der Waals surface area contributed by atoms with Crippen molar-refractivity contribution in [2.45, 2.75) is 31.7 Å². The van der Waals surface area contributed by atoms with Crippen LogP contribution in [0.15, 0.2) is 42.6 Å². The minimum Gasteiger partial charge on any atom is -0.361 e. The Hall–Kier alpha value is -1.81. The maximum absolute atomic E-state index is 12.7. The first-order valence-electron chi connectivity index (χ1n) is 9.28. The number of hydrogen-bond donors (Lipinski definition) is 1. The third kappa shape index (κ3) is 3.91. The van der Waals surface area contributed by atoms with E-state index in [0.717, 1.165) is 17.5 Å². The van der Waals surface area contributed by atoms with Gasteiger partial charge in [0.25, 0.3) is 0 Å². The average Bonchev–Trinajstić information content (AvgIpc) is 3.22. The Balaban J connectivity index is 1.57. The number of carbonyl (C=O) groups excluding carboxylic acids is 1. The fourth-order valence-electron chi connectivity index (χ4n) is 3.99. The molecule has 1 aliphatic heterocycles. The van der Waals surface area contributed by atoms with Crippen LogP contribution < -0.4 is 0 Å². The lowest BCUT2D eigenvalue weighted by Crippen LogP contribution is -2.26. The van der Waals surface area contributed by atoms with Crippen molar-refractivity contribution in [2.24, 2.45) is 0 Å². The molecular weight excluding hydrogens is 379 g/mol.